The standard InChI is InChI=1S/C21H23N3O7S/c25-20(6-4-16-3-5-17-19(14-16)31-15-30-17)22-7-13-32(27,28)24-10-8-23(9-11-24)21(26)18-2-1-12-29-18/h1-6,12,14H,7-11,13,15H2,(H,22,25)/b6-4-. The predicted octanol–water partition coefficient (Wildman–Crippen LogP) is 0.925. The van der Waals surface area contributed by atoms with Gasteiger partial charge in [0.2, 0.25) is 22.7 Å². The summed E-state index contributed by atoms with van der Waals surface area (Å²) in [7, 11) is -3.55. The number of carbonyl (C=O) groups is 2. The van der Waals surface area contributed by atoms with E-state index in [0.29, 0.717) is 11.5 Å². The van der Waals surface area contributed by atoms with Gasteiger partial charge in [-0.3, -0.25) is 9.59 Å². The molecule has 2 aliphatic heterocycles. The molecular weight excluding hydrogens is 438 g/mol. The van der Waals surface area contributed by atoms with E-state index in [1.807, 2.05) is 0 Å². The first-order valence-electron chi connectivity index (χ1n) is 10.1. The number of fused-ring (bicyclic) bond motifs is 1. The summed E-state index contributed by atoms with van der Waals surface area (Å²) in [5, 5.41) is 2.58. The second-order valence-electron chi connectivity index (χ2n) is 7.22. The first-order valence-corrected chi connectivity index (χ1v) is 11.7. The summed E-state index contributed by atoms with van der Waals surface area (Å²) in [6.07, 6.45) is 4.37. The molecule has 2 aromatic rings. The topological polar surface area (TPSA) is 118 Å². The maximum Gasteiger partial charge on any atom is 0.289 e. The van der Waals surface area contributed by atoms with Crippen molar-refractivity contribution in [1.29, 1.82) is 0 Å². The Kier molecular flexibility index (Phi) is 6.47. The summed E-state index contributed by atoms with van der Waals surface area (Å²) >= 11 is 0. The Bertz CT molecular complexity index is 1100. The van der Waals surface area contributed by atoms with E-state index in [-0.39, 0.29) is 56.9 Å². The van der Waals surface area contributed by atoms with Crippen LogP contribution in [0.25, 0.3) is 6.08 Å². The number of nitrogens with zero attached hydrogens (tertiary/aromatic N) is 2. The molecule has 1 aromatic carbocycles. The molecule has 0 aliphatic carbocycles. The lowest BCUT2D eigenvalue weighted by atomic mass is 10.2. The fraction of sp³-hybridized carbons (Fsp3) is 0.333. The fourth-order valence-electron chi connectivity index (χ4n) is 3.41. The van der Waals surface area contributed by atoms with Gasteiger partial charge in [-0.1, -0.05) is 6.07 Å². The number of furan rings is 1. The van der Waals surface area contributed by atoms with Crippen LogP contribution in [0.4, 0.5) is 0 Å². The lowest BCUT2D eigenvalue weighted by Gasteiger charge is -2.33. The molecule has 1 saturated heterocycles. The highest BCUT2D eigenvalue weighted by molar-refractivity contribution is 7.89. The molecule has 32 heavy (non-hydrogen) atoms. The van der Waals surface area contributed by atoms with Crippen molar-refractivity contribution in [2.45, 2.75) is 0 Å². The number of hydrogen-bond donors (Lipinski definition) is 1. The molecule has 0 radical (unpaired) electrons. The third-order valence-corrected chi connectivity index (χ3v) is 7.01. The largest absolute Gasteiger partial charge is 0.459 e. The van der Waals surface area contributed by atoms with E-state index in [2.05, 4.69) is 5.32 Å². The molecule has 2 aliphatic rings. The van der Waals surface area contributed by atoms with Gasteiger partial charge in [0.25, 0.3) is 5.91 Å². The van der Waals surface area contributed by atoms with Crippen LogP contribution in [0.15, 0.2) is 47.1 Å². The Morgan fingerprint density at radius 2 is 1.84 bits per heavy atom. The van der Waals surface area contributed by atoms with Gasteiger partial charge < -0.3 is 24.1 Å². The van der Waals surface area contributed by atoms with Crippen molar-refractivity contribution in [1.82, 2.24) is 14.5 Å². The van der Waals surface area contributed by atoms with Crippen LogP contribution in [0.1, 0.15) is 16.1 Å². The second kappa shape index (κ2) is 9.45. The number of carbonyl (C=O) groups excluding carboxylic acids is 2. The number of amides is 2. The Balaban J connectivity index is 1.21. The van der Waals surface area contributed by atoms with Crippen molar-refractivity contribution in [2.75, 3.05) is 45.3 Å². The van der Waals surface area contributed by atoms with E-state index in [9.17, 15) is 18.0 Å². The second-order valence-corrected chi connectivity index (χ2v) is 9.31. The molecule has 1 N–H and O–H groups in total. The zero-order chi connectivity index (χ0) is 22.6. The van der Waals surface area contributed by atoms with E-state index < -0.39 is 15.9 Å². The van der Waals surface area contributed by atoms with Gasteiger partial charge in [0, 0.05) is 38.8 Å². The van der Waals surface area contributed by atoms with Crippen molar-refractivity contribution in [3.63, 3.8) is 0 Å². The molecule has 0 saturated carbocycles. The van der Waals surface area contributed by atoms with Crippen molar-refractivity contribution in [3.8, 4) is 11.5 Å². The maximum absolute atomic E-state index is 12.6. The van der Waals surface area contributed by atoms with Crippen LogP contribution in [0.3, 0.4) is 0 Å². The maximum atomic E-state index is 12.6. The van der Waals surface area contributed by atoms with Crippen LogP contribution >= 0.6 is 0 Å². The molecule has 0 atom stereocenters. The van der Waals surface area contributed by atoms with Gasteiger partial charge in [-0.2, -0.15) is 4.31 Å². The molecule has 2 amide bonds. The number of sulfonamides is 1. The van der Waals surface area contributed by atoms with Crippen molar-refractivity contribution >= 4 is 27.9 Å². The SMILES string of the molecule is O=C(/C=C\c1ccc2c(c1)OCO2)NCCS(=O)(=O)N1CCN(C(=O)c2ccco2)CC1. The minimum absolute atomic E-state index is 0.0157. The average molecular weight is 461 g/mol. The summed E-state index contributed by atoms with van der Waals surface area (Å²) < 4.78 is 42.1. The van der Waals surface area contributed by atoms with Crippen LogP contribution in [0.2, 0.25) is 0 Å². The number of ether oxygens (including phenoxy) is 2. The van der Waals surface area contributed by atoms with Gasteiger partial charge in [-0.05, 0) is 35.9 Å². The van der Waals surface area contributed by atoms with Gasteiger partial charge in [0.1, 0.15) is 0 Å². The average Bonchev–Trinajstić information content (AvgIpc) is 3.49. The summed E-state index contributed by atoms with van der Waals surface area (Å²) in [6, 6.07) is 8.51. The first-order chi connectivity index (χ1) is 15.4. The molecule has 1 fully saturated rings. The van der Waals surface area contributed by atoms with Crippen LogP contribution in [-0.2, 0) is 14.8 Å². The van der Waals surface area contributed by atoms with Gasteiger partial charge >= 0.3 is 0 Å². The fourth-order valence-corrected chi connectivity index (χ4v) is 4.74. The van der Waals surface area contributed by atoms with Crippen LogP contribution in [-0.4, -0.2) is 74.7 Å². The summed E-state index contributed by atoms with van der Waals surface area (Å²) in [6.45, 7) is 1.12. The molecule has 11 heteroatoms. The molecule has 10 nitrogen and oxygen atoms in total. The molecule has 1 aromatic heterocycles. The Morgan fingerprint density at radius 3 is 2.59 bits per heavy atom. The smallest absolute Gasteiger partial charge is 0.289 e. The number of benzene rings is 1. The molecule has 0 spiro atoms. The predicted molar refractivity (Wildman–Crippen MR) is 115 cm³/mol. The first kappa shape index (κ1) is 21.9. The summed E-state index contributed by atoms with van der Waals surface area (Å²) in [5.41, 5.74) is 0.763. The van der Waals surface area contributed by atoms with Crippen LogP contribution < -0.4 is 14.8 Å². The third-order valence-electron chi connectivity index (χ3n) is 5.13. The van der Waals surface area contributed by atoms with Crippen molar-refractivity contribution < 1.29 is 31.9 Å². The van der Waals surface area contributed by atoms with Gasteiger partial charge in [-0.25, -0.2) is 8.42 Å². The van der Waals surface area contributed by atoms with Crippen LogP contribution in [0, 0.1) is 0 Å². The monoisotopic (exact) mass is 461 g/mol. The Morgan fingerprint density at radius 1 is 1.06 bits per heavy atom. The molecule has 0 unspecified atom stereocenters. The van der Waals surface area contributed by atoms with E-state index in [4.69, 9.17) is 13.9 Å². The van der Waals surface area contributed by atoms with Gasteiger partial charge in [-0.15, -0.1) is 0 Å². The molecule has 170 valence electrons. The summed E-state index contributed by atoms with van der Waals surface area (Å²) in [4.78, 5) is 25.9. The highest BCUT2D eigenvalue weighted by atomic mass is 32.2. The normalized spacial score (nSPS) is 16.4. The quantitative estimate of drug-likeness (QED) is 0.609. The lowest BCUT2D eigenvalue weighted by molar-refractivity contribution is -0.116. The number of hydrogen-bond acceptors (Lipinski definition) is 7. The van der Waals surface area contributed by atoms with Crippen molar-refractivity contribution in [3.05, 3.63) is 54.0 Å². The minimum atomic E-state index is -3.55. The summed E-state index contributed by atoms with van der Waals surface area (Å²) in [5.74, 6) is 0.633. The van der Waals surface area contributed by atoms with Crippen molar-refractivity contribution in [2.24, 2.45) is 0 Å². The zero-order valence-corrected chi connectivity index (χ0v) is 18.0. The highest BCUT2D eigenvalue weighted by Crippen LogP contribution is 2.32. The zero-order valence-electron chi connectivity index (χ0n) is 17.2. The molecule has 0 bridgehead atoms. The van der Waals surface area contributed by atoms with E-state index in [1.54, 1.807) is 41.3 Å². The Labute approximate surface area is 185 Å². The van der Waals surface area contributed by atoms with E-state index in [1.165, 1.54) is 16.6 Å². The van der Waals surface area contributed by atoms with Gasteiger partial charge in [0.05, 0.1) is 12.0 Å². The van der Waals surface area contributed by atoms with E-state index >= 15 is 0 Å². The van der Waals surface area contributed by atoms with Gasteiger partial charge in [0.15, 0.2) is 17.3 Å². The number of piperazine rings is 1. The molecule has 4 rings (SSSR count). The Hall–Kier alpha value is -3.31. The van der Waals surface area contributed by atoms with E-state index in [0.717, 1.165) is 5.56 Å². The number of nitrogens with one attached hydrogen (secondary N) is 1. The third kappa shape index (κ3) is 5.11. The highest BCUT2D eigenvalue weighted by Gasteiger charge is 2.29. The molecular formula is C21H23N3O7S. The lowest BCUT2D eigenvalue weighted by Crippen LogP contribution is -2.51. The molecule has 3 heterocycles. The van der Waals surface area contributed by atoms with Crippen LogP contribution in [0.5, 0.6) is 11.5 Å². The minimum Gasteiger partial charge on any atom is -0.459 e. The number of rotatable bonds is 7.